The monoisotopic (exact) mass is 762 g/mol. The number of fused-ring (bicyclic) bond motifs is 4. The van der Waals surface area contributed by atoms with Crippen LogP contribution in [0.5, 0.6) is 5.75 Å². The summed E-state index contributed by atoms with van der Waals surface area (Å²) in [4.78, 5) is 21.7. The highest BCUT2D eigenvalue weighted by atomic mass is 35.5. The molecule has 8 rings (SSSR count). The van der Waals surface area contributed by atoms with Crippen molar-refractivity contribution in [1.82, 2.24) is 14.5 Å². The van der Waals surface area contributed by atoms with Crippen molar-refractivity contribution in [2.24, 2.45) is 17.8 Å². The first kappa shape index (κ1) is 37.4. The normalized spacial score (nSPS) is 36.2. The van der Waals surface area contributed by atoms with Crippen molar-refractivity contribution in [3.05, 3.63) is 70.3 Å². The highest BCUT2D eigenvalue weighted by Gasteiger charge is 2.50. The van der Waals surface area contributed by atoms with Gasteiger partial charge in [0.05, 0.1) is 22.0 Å². The zero-order chi connectivity index (χ0) is 37.0. The third-order valence-electron chi connectivity index (χ3n) is 14.2. The minimum absolute atomic E-state index is 0.0441. The number of halogens is 1. The van der Waals surface area contributed by atoms with E-state index in [0.717, 1.165) is 107 Å². The Morgan fingerprint density at radius 3 is 2.58 bits per heavy atom. The number of nitrogens with zero attached hydrogens (tertiary/aromatic N) is 3. The van der Waals surface area contributed by atoms with Crippen LogP contribution in [0.1, 0.15) is 86.7 Å². The lowest BCUT2D eigenvalue weighted by Crippen LogP contribution is -2.60. The number of anilines is 1. The molecule has 1 spiro atoms. The first-order valence-electron chi connectivity index (χ1n) is 20.2. The topological polar surface area (TPSA) is 74.4 Å². The molecule has 2 aromatic rings. The molecule has 0 aromatic heterocycles. The van der Waals surface area contributed by atoms with Gasteiger partial charge in [0.2, 0.25) is 0 Å². The molecular formula is C43H59ClN4O4S. The average molecular weight is 763 g/mol. The van der Waals surface area contributed by atoms with E-state index in [-0.39, 0.29) is 22.5 Å². The molecule has 3 aliphatic heterocycles. The molecule has 3 heterocycles. The van der Waals surface area contributed by atoms with Crippen LogP contribution in [0.15, 0.2) is 48.6 Å². The fourth-order valence-electron chi connectivity index (χ4n) is 10.3. The first-order chi connectivity index (χ1) is 25.5. The van der Waals surface area contributed by atoms with Crippen LogP contribution in [0.4, 0.5) is 5.69 Å². The fraction of sp³-hybridized carbons (Fsp3) is 0.628. The quantitative estimate of drug-likeness (QED) is 0.274. The second-order valence-corrected chi connectivity index (χ2v) is 20.1. The SMILES string of the molecule is C=S1(=O)NC(=O)c2ccc3c(c2)N(C[C@@H]2CC[C@H]2[C@](CN2CCN(C4CCC4)CC2)(OC)/C=C/C[C@H](C)[C@H]1C)C[C@@]1(CCCc2cc(Cl)ccc21)CO3. The number of amides is 1. The Labute approximate surface area is 322 Å². The van der Waals surface area contributed by atoms with E-state index in [9.17, 15) is 9.00 Å². The average Bonchev–Trinajstić information content (AvgIpc) is 3.25. The minimum Gasteiger partial charge on any atom is -0.490 e. The van der Waals surface area contributed by atoms with Gasteiger partial charge in [-0.2, -0.15) is 0 Å². The fourth-order valence-corrected chi connectivity index (χ4v) is 12.0. The first-order valence-corrected chi connectivity index (χ1v) is 22.3. The van der Waals surface area contributed by atoms with Crippen LogP contribution in [-0.2, 0) is 26.3 Å². The van der Waals surface area contributed by atoms with Gasteiger partial charge in [0.15, 0.2) is 0 Å². The predicted molar refractivity (Wildman–Crippen MR) is 217 cm³/mol. The van der Waals surface area contributed by atoms with Gasteiger partial charge in [-0.3, -0.25) is 19.3 Å². The summed E-state index contributed by atoms with van der Waals surface area (Å²) in [5, 5.41) is 0.452. The summed E-state index contributed by atoms with van der Waals surface area (Å²) in [5.41, 5.74) is 3.38. The Morgan fingerprint density at radius 1 is 1.06 bits per heavy atom. The van der Waals surface area contributed by atoms with Crippen molar-refractivity contribution in [2.45, 2.75) is 93.9 Å². The van der Waals surface area contributed by atoms with Crippen molar-refractivity contribution < 1.29 is 18.5 Å². The van der Waals surface area contributed by atoms with Crippen LogP contribution in [0, 0.1) is 17.8 Å². The standard InChI is InChI=1S/C43H59ClN4O4S/c1-30-8-6-19-43(51-3,28-46-20-22-47(23-21-46)36-10-5-11-36)38-15-12-34(38)26-48-27-42(18-7-9-32-24-35(44)14-16-37(32)42)29-52-40-17-13-33(25-39(40)48)41(49)45-53(4,50)31(30)2/h6,13-14,16-17,19,24-25,30-31,34,36,38H,4-5,7-12,15,18,20-23,26-29H2,1-3H3,(H,45,49,50)/b19-6+/t30-,31+,34-,38+,42-,43-,53?/m0/s1. The molecule has 2 bridgehead atoms. The molecule has 8 nitrogen and oxygen atoms in total. The number of carbonyl (C=O) groups is 1. The Bertz CT molecular complexity index is 1820. The molecule has 7 atom stereocenters. The molecule has 53 heavy (non-hydrogen) atoms. The van der Waals surface area contributed by atoms with Crippen LogP contribution >= 0.6 is 11.6 Å². The summed E-state index contributed by atoms with van der Waals surface area (Å²) in [6.07, 6.45) is 14.8. The van der Waals surface area contributed by atoms with Crippen LogP contribution in [0.25, 0.3) is 0 Å². The molecular weight excluding hydrogens is 704 g/mol. The second kappa shape index (κ2) is 14.8. The molecule has 3 aliphatic carbocycles. The van der Waals surface area contributed by atoms with Gasteiger partial charge in [0.25, 0.3) is 5.91 Å². The molecule has 6 aliphatic rings. The highest BCUT2D eigenvalue weighted by molar-refractivity contribution is 7.99. The summed E-state index contributed by atoms with van der Waals surface area (Å²) >= 11 is 6.53. The van der Waals surface area contributed by atoms with E-state index in [1.54, 1.807) is 6.07 Å². The van der Waals surface area contributed by atoms with Crippen molar-refractivity contribution in [2.75, 3.05) is 64.4 Å². The molecule has 1 unspecified atom stereocenters. The smallest absolute Gasteiger partial charge is 0.262 e. The highest BCUT2D eigenvalue weighted by Crippen LogP contribution is 2.49. The number of carbonyl (C=O) groups excluding carboxylic acids is 1. The molecule has 1 amide bonds. The number of hydrogen-bond acceptors (Lipinski definition) is 7. The molecule has 0 radical (unpaired) electrons. The minimum atomic E-state index is -2.95. The number of rotatable bonds is 4. The molecule has 3 fully saturated rings. The molecule has 1 saturated heterocycles. The Balaban J connectivity index is 1.17. The zero-order valence-corrected chi connectivity index (χ0v) is 33.6. The lowest BCUT2D eigenvalue weighted by Gasteiger charge is -2.52. The molecule has 288 valence electrons. The van der Waals surface area contributed by atoms with Crippen molar-refractivity contribution >= 4 is 38.8 Å². The number of allylic oxidation sites excluding steroid dienone is 1. The number of methoxy groups -OCH3 is 1. The van der Waals surface area contributed by atoms with E-state index in [1.807, 2.05) is 32.2 Å². The van der Waals surface area contributed by atoms with Crippen molar-refractivity contribution in [1.29, 1.82) is 0 Å². The summed E-state index contributed by atoms with van der Waals surface area (Å²) in [7, 11) is -1.04. The van der Waals surface area contributed by atoms with E-state index >= 15 is 0 Å². The molecule has 1 N–H and O–H groups in total. The largest absolute Gasteiger partial charge is 0.490 e. The van der Waals surface area contributed by atoms with Crippen LogP contribution in [0.3, 0.4) is 0 Å². The zero-order valence-electron chi connectivity index (χ0n) is 32.0. The van der Waals surface area contributed by atoms with E-state index < -0.39 is 15.3 Å². The number of nitrogens with one attached hydrogen (secondary N) is 1. The summed E-state index contributed by atoms with van der Waals surface area (Å²) in [6.45, 7) is 11.5. The summed E-state index contributed by atoms with van der Waals surface area (Å²) in [6, 6.07) is 12.9. The van der Waals surface area contributed by atoms with E-state index in [0.29, 0.717) is 24.0 Å². The maximum absolute atomic E-state index is 14.1. The lowest BCUT2D eigenvalue weighted by molar-refractivity contribution is -0.0972. The summed E-state index contributed by atoms with van der Waals surface area (Å²) < 4.78 is 30.5. The Morgan fingerprint density at radius 2 is 1.87 bits per heavy atom. The predicted octanol–water partition coefficient (Wildman–Crippen LogP) is 6.74. The Hall–Kier alpha value is -2.56. The van der Waals surface area contributed by atoms with Gasteiger partial charge < -0.3 is 14.4 Å². The second-order valence-electron chi connectivity index (χ2n) is 17.3. The number of hydrogen-bond donors (Lipinski definition) is 1. The van der Waals surface area contributed by atoms with Crippen molar-refractivity contribution in [3.8, 4) is 5.75 Å². The third kappa shape index (κ3) is 7.19. The molecule has 2 aromatic carbocycles. The Kier molecular flexibility index (Phi) is 10.5. The molecule has 2 saturated carbocycles. The lowest BCUT2D eigenvalue weighted by atomic mass is 9.63. The maximum atomic E-state index is 14.1. The van der Waals surface area contributed by atoms with Crippen LogP contribution in [-0.4, -0.2) is 102 Å². The van der Waals surface area contributed by atoms with E-state index in [2.05, 4.69) is 56.5 Å². The number of aryl methyl sites for hydroxylation is 1. The summed E-state index contributed by atoms with van der Waals surface area (Å²) in [5.74, 6) is 5.29. The third-order valence-corrected chi connectivity index (χ3v) is 16.7. The van der Waals surface area contributed by atoms with Gasteiger partial charge in [-0.1, -0.05) is 43.2 Å². The van der Waals surface area contributed by atoms with E-state index in [4.69, 9.17) is 21.1 Å². The van der Waals surface area contributed by atoms with Gasteiger partial charge in [-0.05, 0) is 123 Å². The van der Waals surface area contributed by atoms with Crippen LogP contribution in [0.2, 0.25) is 5.02 Å². The number of benzene rings is 2. The van der Waals surface area contributed by atoms with Crippen LogP contribution < -0.4 is 14.4 Å². The van der Waals surface area contributed by atoms with Crippen molar-refractivity contribution in [3.63, 3.8) is 0 Å². The maximum Gasteiger partial charge on any atom is 0.262 e. The van der Waals surface area contributed by atoms with Gasteiger partial charge >= 0.3 is 0 Å². The van der Waals surface area contributed by atoms with Gasteiger partial charge in [-0.25, -0.2) is 4.21 Å². The number of ether oxygens (including phenoxy) is 2. The van der Waals surface area contributed by atoms with Gasteiger partial charge in [-0.15, -0.1) is 0 Å². The van der Waals surface area contributed by atoms with Gasteiger partial charge in [0, 0.05) is 80.2 Å². The van der Waals surface area contributed by atoms with Gasteiger partial charge in [0.1, 0.15) is 11.4 Å². The molecule has 10 heteroatoms. The number of piperazine rings is 1. The van der Waals surface area contributed by atoms with E-state index in [1.165, 1.54) is 30.4 Å².